The van der Waals surface area contributed by atoms with Gasteiger partial charge in [0.25, 0.3) is 0 Å². The minimum absolute atomic E-state index is 0.0842. The van der Waals surface area contributed by atoms with Crippen LogP contribution >= 0.6 is 11.8 Å². The number of aryl methyl sites for hydroxylation is 1. The Bertz CT molecular complexity index is 505. The van der Waals surface area contributed by atoms with Crippen molar-refractivity contribution in [3.63, 3.8) is 0 Å². The van der Waals surface area contributed by atoms with Crippen molar-refractivity contribution in [1.82, 2.24) is 4.98 Å². The molecular weight excluding hydrogens is 264 g/mol. The van der Waals surface area contributed by atoms with Gasteiger partial charge in [0, 0.05) is 18.9 Å². The van der Waals surface area contributed by atoms with Crippen LogP contribution in [0.2, 0.25) is 0 Å². The van der Waals surface area contributed by atoms with Gasteiger partial charge in [0.2, 0.25) is 0 Å². The van der Waals surface area contributed by atoms with Crippen molar-refractivity contribution in [2.75, 3.05) is 11.5 Å². The quantitative estimate of drug-likeness (QED) is 0.856. The van der Waals surface area contributed by atoms with Gasteiger partial charge in [0.05, 0.1) is 5.41 Å². The second-order valence-corrected chi connectivity index (χ2v) is 6.02. The summed E-state index contributed by atoms with van der Waals surface area (Å²) in [5.41, 5.74) is 6.26. The predicted molar refractivity (Wildman–Crippen MR) is 76.0 cm³/mol. The van der Waals surface area contributed by atoms with Crippen LogP contribution < -0.4 is 5.73 Å². The van der Waals surface area contributed by atoms with Gasteiger partial charge in [-0.1, -0.05) is 17.8 Å². The molecule has 3 N–H and O–H groups in total. The zero-order chi connectivity index (χ0) is 14.6. The lowest BCUT2D eigenvalue weighted by Gasteiger charge is -2.24. The van der Waals surface area contributed by atoms with Gasteiger partial charge >= 0.3 is 5.97 Å². The lowest BCUT2D eigenvalue weighted by atomic mass is 9.86. The number of thioether (sulfide) groups is 1. The first kappa shape index (κ1) is 15.5. The summed E-state index contributed by atoms with van der Waals surface area (Å²) in [6.07, 6.45) is 1.90. The molecule has 1 aromatic heterocycles. The minimum Gasteiger partial charge on any atom is -0.481 e. The van der Waals surface area contributed by atoms with Crippen LogP contribution in [0.5, 0.6) is 0 Å². The number of rotatable bonds is 5. The van der Waals surface area contributed by atoms with E-state index >= 15 is 0 Å². The molecule has 6 heteroatoms. The second-order valence-electron chi connectivity index (χ2n) is 4.87. The van der Waals surface area contributed by atoms with Crippen LogP contribution in [0.3, 0.4) is 0 Å². The SMILES string of the molecule is CC(=O)SCC(C)(Cc1cnc(N)c(C)c1)C(=O)O. The van der Waals surface area contributed by atoms with Gasteiger partial charge < -0.3 is 10.8 Å². The van der Waals surface area contributed by atoms with Crippen molar-refractivity contribution in [3.05, 3.63) is 23.4 Å². The van der Waals surface area contributed by atoms with Crippen LogP contribution in [0.1, 0.15) is 25.0 Å². The summed E-state index contributed by atoms with van der Waals surface area (Å²) in [5, 5.41) is 9.28. The van der Waals surface area contributed by atoms with Gasteiger partial charge in [0.15, 0.2) is 5.12 Å². The molecular formula is C13H18N2O3S. The number of aromatic nitrogens is 1. The largest absolute Gasteiger partial charge is 0.481 e. The van der Waals surface area contributed by atoms with Crippen LogP contribution in [0, 0.1) is 12.3 Å². The highest BCUT2D eigenvalue weighted by Crippen LogP contribution is 2.28. The Morgan fingerprint density at radius 1 is 1.53 bits per heavy atom. The van der Waals surface area contributed by atoms with E-state index in [2.05, 4.69) is 4.98 Å². The number of carbonyl (C=O) groups excluding carboxylic acids is 1. The van der Waals surface area contributed by atoms with Crippen molar-refractivity contribution in [3.8, 4) is 0 Å². The van der Waals surface area contributed by atoms with E-state index in [4.69, 9.17) is 5.73 Å². The molecule has 0 saturated carbocycles. The number of pyridine rings is 1. The number of anilines is 1. The topological polar surface area (TPSA) is 93.3 Å². The number of nitrogen functional groups attached to an aromatic ring is 1. The molecule has 1 aromatic rings. The third-order valence-corrected chi connectivity index (χ3v) is 4.07. The Labute approximate surface area is 116 Å². The molecule has 0 aliphatic carbocycles. The first-order chi connectivity index (χ1) is 8.74. The van der Waals surface area contributed by atoms with E-state index in [1.807, 2.05) is 13.0 Å². The number of aliphatic carboxylic acids is 1. The van der Waals surface area contributed by atoms with Crippen LogP contribution in [0.25, 0.3) is 0 Å². The number of nitrogens with zero attached hydrogens (tertiary/aromatic N) is 1. The number of carboxylic acid groups (broad SMARTS) is 1. The maximum Gasteiger partial charge on any atom is 0.310 e. The number of nitrogens with two attached hydrogens (primary N) is 1. The first-order valence-electron chi connectivity index (χ1n) is 5.82. The van der Waals surface area contributed by atoms with Crippen LogP contribution in [-0.2, 0) is 16.0 Å². The van der Waals surface area contributed by atoms with E-state index in [0.29, 0.717) is 12.2 Å². The van der Waals surface area contributed by atoms with E-state index in [9.17, 15) is 14.7 Å². The molecule has 5 nitrogen and oxygen atoms in total. The average molecular weight is 282 g/mol. The lowest BCUT2D eigenvalue weighted by molar-refractivity contribution is -0.146. The summed E-state index contributed by atoms with van der Waals surface area (Å²) in [7, 11) is 0. The zero-order valence-corrected chi connectivity index (χ0v) is 12.1. The molecule has 0 amide bonds. The van der Waals surface area contributed by atoms with E-state index in [-0.39, 0.29) is 10.9 Å². The molecule has 1 unspecified atom stereocenters. The fraction of sp³-hybridized carbons (Fsp3) is 0.462. The Morgan fingerprint density at radius 3 is 2.63 bits per heavy atom. The first-order valence-corrected chi connectivity index (χ1v) is 6.81. The van der Waals surface area contributed by atoms with Gasteiger partial charge in [-0.2, -0.15) is 0 Å². The van der Waals surface area contributed by atoms with Gasteiger partial charge in [-0.25, -0.2) is 4.98 Å². The van der Waals surface area contributed by atoms with Crippen molar-refractivity contribution in [2.24, 2.45) is 5.41 Å². The number of hydrogen-bond acceptors (Lipinski definition) is 5. The normalized spacial score (nSPS) is 13.8. The molecule has 0 spiro atoms. The summed E-state index contributed by atoms with van der Waals surface area (Å²) >= 11 is 1.03. The standard InChI is InChI=1S/C13H18N2O3S/c1-8-4-10(6-15-11(8)14)5-13(3,12(17)18)7-19-9(2)16/h4,6H,5,7H2,1-3H3,(H2,14,15)(H,17,18). The molecule has 0 saturated heterocycles. The van der Waals surface area contributed by atoms with Gasteiger partial charge in [-0.15, -0.1) is 0 Å². The molecule has 0 bridgehead atoms. The summed E-state index contributed by atoms with van der Waals surface area (Å²) in [5.74, 6) is -0.240. The molecule has 104 valence electrons. The van der Waals surface area contributed by atoms with Gasteiger partial charge in [0.1, 0.15) is 5.82 Å². The maximum absolute atomic E-state index is 11.4. The van der Waals surface area contributed by atoms with E-state index in [1.54, 1.807) is 13.1 Å². The second kappa shape index (κ2) is 6.06. The summed E-state index contributed by atoms with van der Waals surface area (Å²) in [4.78, 5) is 26.5. The molecule has 19 heavy (non-hydrogen) atoms. The van der Waals surface area contributed by atoms with Crippen molar-refractivity contribution < 1.29 is 14.7 Å². The van der Waals surface area contributed by atoms with Gasteiger partial charge in [-0.05, 0) is 31.4 Å². The van der Waals surface area contributed by atoms with Crippen molar-refractivity contribution >= 4 is 28.7 Å². The highest BCUT2D eigenvalue weighted by Gasteiger charge is 2.34. The zero-order valence-electron chi connectivity index (χ0n) is 11.3. The van der Waals surface area contributed by atoms with Crippen molar-refractivity contribution in [1.29, 1.82) is 0 Å². The molecule has 1 rings (SSSR count). The third kappa shape index (κ3) is 4.24. The molecule has 0 aromatic carbocycles. The Kier molecular flexibility index (Phi) is 4.94. The fourth-order valence-electron chi connectivity index (χ4n) is 1.64. The number of carbonyl (C=O) groups is 2. The molecule has 0 fully saturated rings. The Morgan fingerprint density at radius 2 is 2.16 bits per heavy atom. The smallest absolute Gasteiger partial charge is 0.310 e. The lowest BCUT2D eigenvalue weighted by Crippen LogP contribution is -2.33. The predicted octanol–water partition coefficient (Wildman–Crippen LogP) is 1.89. The summed E-state index contributed by atoms with van der Waals surface area (Å²) in [6, 6.07) is 1.84. The minimum atomic E-state index is -0.999. The molecule has 0 aliphatic rings. The maximum atomic E-state index is 11.4. The molecule has 1 atom stereocenters. The van der Waals surface area contributed by atoms with E-state index in [1.165, 1.54) is 6.92 Å². The van der Waals surface area contributed by atoms with E-state index < -0.39 is 11.4 Å². The average Bonchev–Trinajstić information content (AvgIpc) is 2.31. The summed E-state index contributed by atoms with van der Waals surface area (Å²) in [6.45, 7) is 4.90. The van der Waals surface area contributed by atoms with Gasteiger partial charge in [-0.3, -0.25) is 9.59 Å². The van der Waals surface area contributed by atoms with Crippen LogP contribution in [-0.4, -0.2) is 26.9 Å². The third-order valence-electron chi connectivity index (χ3n) is 2.88. The van der Waals surface area contributed by atoms with E-state index in [0.717, 1.165) is 22.9 Å². The fourth-order valence-corrected chi connectivity index (χ4v) is 2.39. The highest BCUT2D eigenvalue weighted by molar-refractivity contribution is 8.13. The Hall–Kier alpha value is -1.56. The number of hydrogen-bond donors (Lipinski definition) is 2. The molecule has 0 radical (unpaired) electrons. The Balaban J connectivity index is 2.91. The summed E-state index contributed by atoms with van der Waals surface area (Å²) < 4.78 is 0. The van der Waals surface area contributed by atoms with Crippen LogP contribution in [0.4, 0.5) is 5.82 Å². The molecule has 1 heterocycles. The van der Waals surface area contributed by atoms with Crippen molar-refractivity contribution in [2.45, 2.75) is 27.2 Å². The monoisotopic (exact) mass is 282 g/mol. The highest BCUT2D eigenvalue weighted by atomic mass is 32.2. The number of carboxylic acids is 1. The molecule has 0 aliphatic heterocycles. The van der Waals surface area contributed by atoms with Crippen LogP contribution in [0.15, 0.2) is 12.3 Å².